The van der Waals surface area contributed by atoms with Crippen molar-refractivity contribution in [3.63, 3.8) is 0 Å². The molecule has 0 aromatic carbocycles. The summed E-state index contributed by atoms with van der Waals surface area (Å²) in [6.45, 7) is 0.975. The van der Waals surface area contributed by atoms with E-state index in [9.17, 15) is 4.79 Å². The summed E-state index contributed by atoms with van der Waals surface area (Å²) in [7, 11) is 1.97. The fourth-order valence-electron chi connectivity index (χ4n) is 3.16. The molecule has 3 rings (SSSR count). The Balaban J connectivity index is 2.03. The second-order valence-electron chi connectivity index (χ2n) is 5.72. The molecule has 1 aromatic heterocycles. The number of aromatic nitrogens is 1. The molecule has 17 heavy (non-hydrogen) atoms. The summed E-state index contributed by atoms with van der Waals surface area (Å²) in [6.07, 6.45) is 8.80. The number of hydrogen-bond acceptors (Lipinski definition) is 1. The molecule has 2 nitrogen and oxygen atoms in total. The molecule has 3 heteroatoms. The zero-order valence-electron chi connectivity index (χ0n) is 10.7. The number of rotatable bonds is 2. The Bertz CT molecular complexity index is 488. The lowest BCUT2D eigenvalue weighted by atomic mass is 9.84. The van der Waals surface area contributed by atoms with E-state index < -0.39 is 0 Å². The van der Waals surface area contributed by atoms with Crippen LogP contribution in [0.4, 0.5) is 0 Å². The van der Waals surface area contributed by atoms with Crippen LogP contribution in [0, 0.1) is 5.92 Å². The van der Waals surface area contributed by atoms with Crippen LogP contribution in [-0.4, -0.2) is 12.4 Å². The molecule has 0 aliphatic heterocycles. The lowest BCUT2D eigenvalue weighted by molar-refractivity contribution is 0.270. The van der Waals surface area contributed by atoms with Gasteiger partial charge in [-0.2, -0.15) is 0 Å². The maximum absolute atomic E-state index is 12.3. The standard InChI is InChI=1S/C14H20BNO/c15-12-8-11-6-1-2-7-13(11)16(14(12)17)9-10-4-3-5-10/h8,10H,1-7,9,15H2. The topological polar surface area (TPSA) is 22.0 Å². The van der Waals surface area contributed by atoms with Crippen LogP contribution in [-0.2, 0) is 19.4 Å². The molecule has 0 radical (unpaired) electrons. The minimum Gasteiger partial charge on any atom is -0.313 e. The van der Waals surface area contributed by atoms with Crippen LogP contribution >= 0.6 is 0 Å². The summed E-state index contributed by atoms with van der Waals surface area (Å²) in [6, 6.07) is 2.13. The number of aryl methyl sites for hydroxylation is 1. The Morgan fingerprint density at radius 1 is 1.24 bits per heavy atom. The zero-order chi connectivity index (χ0) is 11.8. The summed E-state index contributed by atoms with van der Waals surface area (Å²) in [5.41, 5.74) is 3.98. The Morgan fingerprint density at radius 2 is 2.00 bits per heavy atom. The van der Waals surface area contributed by atoms with E-state index in [4.69, 9.17) is 0 Å². The van der Waals surface area contributed by atoms with E-state index >= 15 is 0 Å². The molecular formula is C14H20BNO. The molecule has 0 saturated heterocycles. The minimum atomic E-state index is 0.262. The predicted molar refractivity (Wildman–Crippen MR) is 72.9 cm³/mol. The highest BCUT2D eigenvalue weighted by molar-refractivity contribution is 6.32. The zero-order valence-corrected chi connectivity index (χ0v) is 10.7. The van der Waals surface area contributed by atoms with E-state index in [0.717, 1.165) is 24.3 Å². The molecule has 1 saturated carbocycles. The molecule has 0 atom stereocenters. The maximum Gasteiger partial charge on any atom is 0.244 e. The Morgan fingerprint density at radius 3 is 2.71 bits per heavy atom. The fourth-order valence-corrected chi connectivity index (χ4v) is 3.16. The Kier molecular flexibility index (Phi) is 2.85. The lowest BCUT2D eigenvalue weighted by Gasteiger charge is -2.29. The van der Waals surface area contributed by atoms with Gasteiger partial charge in [-0.05, 0) is 55.5 Å². The molecular weight excluding hydrogens is 209 g/mol. The van der Waals surface area contributed by atoms with Crippen molar-refractivity contribution >= 4 is 13.3 Å². The van der Waals surface area contributed by atoms with Gasteiger partial charge in [-0.1, -0.05) is 12.5 Å². The van der Waals surface area contributed by atoms with E-state index in [2.05, 4.69) is 10.6 Å². The largest absolute Gasteiger partial charge is 0.313 e. The second kappa shape index (κ2) is 4.36. The number of fused-ring (bicyclic) bond motifs is 1. The Hall–Kier alpha value is -0.985. The number of nitrogens with zero attached hydrogens (tertiary/aromatic N) is 1. The van der Waals surface area contributed by atoms with Gasteiger partial charge in [0.25, 0.3) is 0 Å². The van der Waals surface area contributed by atoms with Crippen LogP contribution in [0.5, 0.6) is 0 Å². The van der Waals surface area contributed by atoms with E-state index in [1.807, 2.05) is 7.85 Å². The van der Waals surface area contributed by atoms with Crippen molar-refractivity contribution in [2.24, 2.45) is 5.92 Å². The Labute approximate surface area is 103 Å². The third-order valence-electron chi connectivity index (χ3n) is 4.44. The average Bonchev–Trinajstić information content (AvgIpc) is 2.27. The summed E-state index contributed by atoms with van der Waals surface area (Å²) in [5, 5.41) is 0. The molecule has 90 valence electrons. The highest BCUT2D eigenvalue weighted by Crippen LogP contribution is 2.29. The van der Waals surface area contributed by atoms with E-state index in [1.165, 1.54) is 49.8 Å². The van der Waals surface area contributed by atoms with Crippen molar-refractivity contribution in [1.29, 1.82) is 0 Å². The van der Waals surface area contributed by atoms with Gasteiger partial charge in [0.05, 0.1) is 0 Å². The first-order chi connectivity index (χ1) is 8.25. The van der Waals surface area contributed by atoms with Crippen LogP contribution in [0.3, 0.4) is 0 Å². The summed E-state index contributed by atoms with van der Waals surface area (Å²) >= 11 is 0. The third kappa shape index (κ3) is 1.96. The first-order valence-corrected chi connectivity index (χ1v) is 6.98. The lowest BCUT2D eigenvalue weighted by Crippen LogP contribution is -2.40. The summed E-state index contributed by atoms with van der Waals surface area (Å²) in [5.74, 6) is 0.764. The minimum absolute atomic E-state index is 0.262. The predicted octanol–water partition coefficient (Wildman–Crippen LogP) is 0.786. The second-order valence-corrected chi connectivity index (χ2v) is 5.72. The van der Waals surface area contributed by atoms with Gasteiger partial charge in [0.1, 0.15) is 7.85 Å². The SMILES string of the molecule is Bc1cc2c(n(CC3CCC3)c1=O)CCCC2. The number of hydrogen-bond donors (Lipinski definition) is 0. The maximum atomic E-state index is 12.3. The van der Waals surface area contributed by atoms with Gasteiger partial charge in [0, 0.05) is 12.2 Å². The molecule has 0 amide bonds. The molecule has 0 spiro atoms. The monoisotopic (exact) mass is 229 g/mol. The molecule has 1 fully saturated rings. The molecule has 1 aromatic rings. The van der Waals surface area contributed by atoms with Crippen molar-refractivity contribution in [3.05, 3.63) is 27.7 Å². The first-order valence-electron chi connectivity index (χ1n) is 6.98. The van der Waals surface area contributed by atoms with Crippen LogP contribution in [0.15, 0.2) is 10.9 Å². The van der Waals surface area contributed by atoms with Crippen LogP contribution < -0.4 is 11.0 Å². The van der Waals surface area contributed by atoms with Gasteiger partial charge < -0.3 is 4.57 Å². The van der Waals surface area contributed by atoms with Gasteiger partial charge >= 0.3 is 0 Å². The summed E-state index contributed by atoms with van der Waals surface area (Å²) in [4.78, 5) is 12.3. The van der Waals surface area contributed by atoms with E-state index in [1.54, 1.807) is 0 Å². The van der Waals surface area contributed by atoms with Crippen molar-refractivity contribution < 1.29 is 0 Å². The quantitative estimate of drug-likeness (QED) is 0.687. The average molecular weight is 229 g/mol. The van der Waals surface area contributed by atoms with Gasteiger partial charge in [-0.3, -0.25) is 4.79 Å². The van der Waals surface area contributed by atoms with Crippen molar-refractivity contribution in [1.82, 2.24) is 4.57 Å². The molecule has 0 bridgehead atoms. The van der Waals surface area contributed by atoms with Crippen LogP contribution in [0.2, 0.25) is 0 Å². The number of pyridine rings is 1. The third-order valence-corrected chi connectivity index (χ3v) is 4.44. The van der Waals surface area contributed by atoms with Crippen molar-refractivity contribution in [3.8, 4) is 0 Å². The molecule has 2 aliphatic rings. The molecule has 0 N–H and O–H groups in total. The van der Waals surface area contributed by atoms with Gasteiger partial charge in [-0.25, -0.2) is 0 Å². The van der Waals surface area contributed by atoms with Crippen molar-refractivity contribution in [2.75, 3.05) is 0 Å². The van der Waals surface area contributed by atoms with Crippen molar-refractivity contribution in [2.45, 2.75) is 51.5 Å². The van der Waals surface area contributed by atoms with Gasteiger partial charge in [0.2, 0.25) is 5.56 Å². The summed E-state index contributed by atoms with van der Waals surface area (Å²) < 4.78 is 2.10. The van der Waals surface area contributed by atoms with Crippen LogP contribution in [0.25, 0.3) is 0 Å². The molecule has 0 unspecified atom stereocenters. The highest BCUT2D eigenvalue weighted by atomic mass is 16.1. The smallest absolute Gasteiger partial charge is 0.244 e. The first kappa shape index (κ1) is 11.1. The normalized spacial score (nSPS) is 19.8. The highest BCUT2D eigenvalue weighted by Gasteiger charge is 2.22. The van der Waals surface area contributed by atoms with Crippen LogP contribution in [0.1, 0.15) is 43.4 Å². The van der Waals surface area contributed by atoms with Gasteiger partial charge in [0.15, 0.2) is 0 Å². The van der Waals surface area contributed by atoms with E-state index in [0.29, 0.717) is 0 Å². The van der Waals surface area contributed by atoms with Gasteiger partial charge in [-0.15, -0.1) is 0 Å². The molecule has 1 heterocycles. The molecule has 2 aliphatic carbocycles. The fraction of sp³-hybridized carbons (Fsp3) is 0.643. The van der Waals surface area contributed by atoms with E-state index in [-0.39, 0.29) is 5.56 Å².